The molecular formula is C15H20O4. The summed E-state index contributed by atoms with van der Waals surface area (Å²) in [7, 11) is 0. The van der Waals surface area contributed by atoms with Crippen molar-refractivity contribution in [3.63, 3.8) is 0 Å². The lowest BCUT2D eigenvalue weighted by atomic mass is 9.56. The van der Waals surface area contributed by atoms with Gasteiger partial charge in [-0.05, 0) is 36.5 Å². The Morgan fingerprint density at radius 1 is 1.21 bits per heavy atom. The van der Waals surface area contributed by atoms with E-state index in [-0.39, 0.29) is 35.6 Å². The van der Waals surface area contributed by atoms with Crippen molar-refractivity contribution in [1.29, 1.82) is 0 Å². The highest BCUT2D eigenvalue weighted by Gasteiger charge is 2.78. The van der Waals surface area contributed by atoms with Crippen molar-refractivity contribution in [3.8, 4) is 0 Å². The van der Waals surface area contributed by atoms with E-state index in [0.29, 0.717) is 12.3 Å². The second-order valence-corrected chi connectivity index (χ2v) is 7.64. The predicted molar refractivity (Wildman–Crippen MR) is 66.1 cm³/mol. The average molecular weight is 264 g/mol. The highest BCUT2D eigenvalue weighted by Crippen LogP contribution is 2.74. The molecule has 1 spiro atoms. The molecule has 5 atom stereocenters. The molecule has 4 nitrogen and oxygen atoms in total. The normalized spacial score (nSPS) is 53.9. The lowest BCUT2D eigenvalue weighted by molar-refractivity contribution is -0.211. The maximum absolute atomic E-state index is 12.3. The minimum atomic E-state index is -1.41. The molecule has 5 unspecified atom stereocenters. The van der Waals surface area contributed by atoms with Crippen molar-refractivity contribution in [3.05, 3.63) is 0 Å². The van der Waals surface area contributed by atoms with Crippen molar-refractivity contribution in [2.45, 2.75) is 45.1 Å². The van der Waals surface area contributed by atoms with Gasteiger partial charge >= 0.3 is 5.97 Å². The summed E-state index contributed by atoms with van der Waals surface area (Å²) in [5.74, 6) is 0.0536. The summed E-state index contributed by atoms with van der Waals surface area (Å²) in [6, 6.07) is 0. The number of hydrogen-bond acceptors (Lipinski definition) is 4. The number of ether oxygens (including phenoxy) is 1. The van der Waals surface area contributed by atoms with E-state index in [1.807, 2.05) is 0 Å². The van der Waals surface area contributed by atoms with Gasteiger partial charge < -0.3 is 9.84 Å². The van der Waals surface area contributed by atoms with Gasteiger partial charge in [0.15, 0.2) is 11.4 Å². The van der Waals surface area contributed by atoms with Crippen molar-refractivity contribution >= 4 is 11.8 Å². The maximum atomic E-state index is 12.3. The Morgan fingerprint density at radius 2 is 1.95 bits per heavy atom. The van der Waals surface area contributed by atoms with E-state index in [0.717, 1.165) is 19.3 Å². The van der Waals surface area contributed by atoms with Gasteiger partial charge in [-0.2, -0.15) is 0 Å². The fourth-order valence-electron chi connectivity index (χ4n) is 6.01. The lowest BCUT2D eigenvalue weighted by Crippen LogP contribution is -2.63. The smallest absolute Gasteiger partial charge is 0.309 e. The first-order chi connectivity index (χ1) is 8.83. The first-order valence-corrected chi connectivity index (χ1v) is 7.25. The summed E-state index contributed by atoms with van der Waals surface area (Å²) in [6.45, 7) is 4.32. The molecule has 0 radical (unpaired) electrons. The molecule has 104 valence electrons. The third-order valence-electron chi connectivity index (χ3n) is 6.63. The monoisotopic (exact) mass is 264 g/mol. The molecule has 19 heavy (non-hydrogen) atoms. The number of esters is 1. The molecule has 4 aliphatic rings. The van der Waals surface area contributed by atoms with E-state index >= 15 is 0 Å². The van der Waals surface area contributed by atoms with Gasteiger partial charge in [-0.15, -0.1) is 0 Å². The van der Waals surface area contributed by atoms with Gasteiger partial charge in [-0.3, -0.25) is 9.59 Å². The summed E-state index contributed by atoms with van der Waals surface area (Å²) >= 11 is 0. The Bertz CT molecular complexity index is 496. The van der Waals surface area contributed by atoms with Crippen LogP contribution in [-0.4, -0.2) is 29.1 Å². The van der Waals surface area contributed by atoms with Crippen LogP contribution in [0.4, 0.5) is 0 Å². The second kappa shape index (κ2) is 3.05. The molecule has 0 aromatic rings. The van der Waals surface area contributed by atoms with E-state index in [9.17, 15) is 14.7 Å². The number of carbonyl (C=O) groups is 2. The highest BCUT2D eigenvalue weighted by atomic mass is 16.5. The summed E-state index contributed by atoms with van der Waals surface area (Å²) < 4.78 is 5.15. The molecule has 4 heteroatoms. The fourth-order valence-corrected chi connectivity index (χ4v) is 6.01. The third-order valence-corrected chi connectivity index (χ3v) is 6.63. The first-order valence-electron chi connectivity index (χ1n) is 7.25. The zero-order valence-electron chi connectivity index (χ0n) is 11.4. The van der Waals surface area contributed by atoms with Crippen LogP contribution >= 0.6 is 0 Å². The van der Waals surface area contributed by atoms with Crippen LogP contribution in [-0.2, 0) is 14.3 Å². The SMILES string of the molecule is CC1(C)CC23C4CCC1C2CC(=O)C3(O)COC4=O. The van der Waals surface area contributed by atoms with Gasteiger partial charge in [0, 0.05) is 11.8 Å². The molecule has 1 heterocycles. The average Bonchev–Trinajstić information content (AvgIpc) is 2.61. The van der Waals surface area contributed by atoms with Gasteiger partial charge in [0.25, 0.3) is 0 Å². The van der Waals surface area contributed by atoms with Gasteiger partial charge in [0.1, 0.15) is 6.61 Å². The van der Waals surface area contributed by atoms with Crippen LogP contribution in [0.15, 0.2) is 0 Å². The number of cyclic esters (lactones) is 1. The van der Waals surface area contributed by atoms with Crippen LogP contribution in [0.3, 0.4) is 0 Å². The molecule has 1 N–H and O–H groups in total. The predicted octanol–water partition coefficient (Wildman–Crippen LogP) is 1.31. The molecule has 3 saturated carbocycles. The van der Waals surface area contributed by atoms with E-state index in [2.05, 4.69) is 13.8 Å². The molecule has 4 rings (SSSR count). The summed E-state index contributed by atoms with van der Waals surface area (Å²) in [5.41, 5.74) is -1.85. The molecular weight excluding hydrogens is 244 g/mol. The zero-order chi connectivity index (χ0) is 13.6. The Kier molecular flexibility index (Phi) is 1.91. The van der Waals surface area contributed by atoms with E-state index in [1.54, 1.807) is 0 Å². The Morgan fingerprint density at radius 3 is 2.68 bits per heavy atom. The topological polar surface area (TPSA) is 63.6 Å². The van der Waals surface area contributed by atoms with E-state index < -0.39 is 11.0 Å². The van der Waals surface area contributed by atoms with Crippen molar-refractivity contribution in [2.24, 2.45) is 28.6 Å². The van der Waals surface area contributed by atoms with Crippen LogP contribution in [0.5, 0.6) is 0 Å². The zero-order valence-corrected chi connectivity index (χ0v) is 11.4. The minimum absolute atomic E-state index is 0.0996. The van der Waals surface area contributed by atoms with Gasteiger partial charge in [0.2, 0.25) is 0 Å². The Hall–Kier alpha value is -0.900. The van der Waals surface area contributed by atoms with Crippen LogP contribution < -0.4 is 0 Å². The molecule has 0 amide bonds. The number of aliphatic hydroxyl groups is 1. The van der Waals surface area contributed by atoms with Crippen molar-refractivity contribution < 1.29 is 19.4 Å². The maximum Gasteiger partial charge on any atom is 0.309 e. The highest BCUT2D eigenvalue weighted by molar-refractivity contribution is 5.94. The largest absolute Gasteiger partial charge is 0.462 e. The standard InChI is InChI=1S/C15H20O4/c1-13(2)6-14-9-4-3-8(13)10(14)5-11(16)15(14,18)7-19-12(9)17/h8-10,18H,3-7H2,1-2H3. The number of rotatable bonds is 0. The molecule has 2 bridgehead atoms. The van der Waals surface area contributed by atoms with E-state index in [4.69, 9.17) is 4.74 Å². The van der Waals surface area contributed by atoms with Crippen LogP contribution in [0, 0.1) is 28.6 Å². The number of Topliss-reactive ketones (excluding diaryl/α,β-unsaturated/α-hetero) is 1. The Labute approximate surface area is 112 Å². The van der Waals surface area contributed by atoms with E-state index in [1.165, 1.54) is 0 Å². The van der Waals surface area contributed by atoms with Crippen LogP contribution in [0.25, 0.3) is 0 Å². The van der Waals surface area contributed by atoms with Gasteiger partial charge in [-0.1, -0.05) is 13.8 Å². The first kappa shape index (κ1) is 11.9. The number of hydrogen-bond donors (Lipinski definition) is 1. The molecule has 0 aromatic heterocycles. The minimum Gasteiger partial charge on any atom is -0.462 e. The Balaban J connectivity index is 1.95. The summed E-state index contributed by atoms with van der Waals surface area (Å²) in [4.78, 5) is 24.5. The van der Waals surface area contributed by atoms with Gasteiger partial charge in [-0.25, -0.2) is 0 Å². The molecule has 1 aliphatic heterocycles. The number of ketones is 1. The summed E-state index contributed by atoms with van der Waals surface area (Å²) in [6.07, 6.45) is 2.94. The van der Waals surface area contributed by atoms with Crippen molar-refractivity contribution in [1.82, 2.24) is 0 Å². The molecule has 1 saturated heterocycles. The second-order valence-electron chi connectivity index (χ2n) is 7.64. The van der Waals surface area contributed by atoms with Gasteiger partial charge in [0.05, 0.1) is 5.92 Å². The molecule has 0 aromatic carbocycles. The molecule has 3 aliphatic carbocycles. The fraction of sp³-hybridized carbons (Fsp3) is 0.867. The van der Waals surface area contributed by atoms with Crippen LogP contribution in [0.1, 0.15) is 39.5 Å². The molecule has 4 fully saturated rings. The third kappa shape index (κ3) is 1.04. The number of carbonyl (C=O) groups excluding carboxylic acids is 2. The van der Waals surface area contributed by atoms with Crippen molar-refractivity contribution in [2.75, 3.05) is 6.61 Å². The lowest BCUT2D eigenvalue weighted by Gasteiger charge is -2.51. The summed E-state index contributed by atoms with van der Waals surface area (Å²) in [5, 5.41) is 11.0. The quantitative estimate of drug-likeness (QED) is 0.670. The van der Waals surface area contributed by atoms with Crippen LogP contribution in [0.2, 0.25) is 0 Å².